The van der Waals surface area contributed by atoms with E-state index in [0.717, 1.165) is 17.5 Å². The fourth-order valence-corrected chi connectivity index (χ4v) is 2.71. The zero-order valence-corrected chi connectivity index (χ0v) is 10.1. The summed E-state index contributed by atoms with van der Waals surface area (Å²) in [6, 6.07) is 20.4. The van der Waals surface area contributed by atoms with E-state index >= 15 is 0 Å². The molecule has 2 aromatic carbocycles. The van der Waals surface area contributed by atoms with E-state index in [1.54, 1.807) is 0 Å². The minimum Gasteiger partial charge on any atom is -0.480 e. The van der Waals surface area contributed by atoms with Gasteiger partial charge in [-0.3, -0.25) is 5.41 Å². The Labute approximate surface area is 107 Å². The van der Waals surface area contributed by atoms with Crippen LogP contribution in [0.3, 0.4) is 0 Å². The summed E-state index contributed by atoms with van der Waals surface area (Å²) in [5.74, 6) is 0.361. The third-order valence-corrected chi connectivity index (χ3v) is 3.64. The van der Waals surface area contributed by atoms with Crippen molar-refractivity contribution in [1.82, 2.24) is 0 Å². The predicted octanol–water partition coefficient (Wildman–Crippen LogP) is 3.37. The second-order valence-electron chi connectivity index (χ2n) is 4.56. The first-order chi connectivity index (χ1) is 8.84. The van der Waals surface area contributed by atoms with Gasteiger partial charge in [-0.15, -0.1) is 0 Å². The summed E-state index contributed by atoms with van der Waals surface area (Å²) in [5, 5.41) is 8.21. The fraction of sp³-hybridized carbons (Fsp3) is 0.188. The first-order valence-corrected chi connectivity index (χ1v) is 6.17. The molecule has 1 aliphatic rings. The van der Waals surface area contributed by atoms with Gasteiger partial charge in [0, 0.05) is 6.42 Å². The maximum atomic E-state index is 8.21. The maximum Gasteiger partial charge on any atom is 0.196 e. The molecule has 1 heterocycles. The molecule has 0 radical (unpaired) electrons. The monoisotopic (exact) mass is 237 g/mol. The van der Waals surface area contributed by atoms with Crippen LogP contribution < -0.4 is 0 Å². The van der Waals surface area contributed by atoms with E-state index in [9.17, 15) is 0 Å². The van der Waals surface area contributed by atoms with Gasteiger partial charge >= 0.3 is 0 Å². The Balaban J connectivity index is 2.20. The van der Waals surface area contributed by atoms with Crippen molar-refractivity contribution in [3.8, 4) is 0 Å². The first kappa shape index (κ1) is 11.0. The van der Waals surface area contributed by atoms with Crippen molar-refractivity contribution >= 4 is 5.90 Å². The molecule has 1 aliphatic heterocycles. The SMILES string of the molecule is N=C1OCCC1(c1ccccc1)c1ccccc1. The van der Waals surface area contributed by atoms with Crippen LogP contribution in [0.4, 0.5) is 0 Å². The molecule has 0 spiro atoms. The van der Waals surface area contributed by atoms with Crippen LogP contribution in [0.15, 0.2) is 60.7 Å². The van der Waals surface area contributed by atoms with Gasteiger partial charge in [-0.2, -0.15) is 0 Å². The number of nitrogens with one attached hydrogen (secondary N) is 1. The zero-order chi connectivity index (χ0) is 12.4. The lowest BCUT2D eigenvalue weighted by molar-refractivity contribution is 0.341. The van der Waals surface area contributed by atoms with E-state index < -0.39 is 5.41 Å². The van der Waals surface area contributed by atoms with Crippen LogP contribution in [0.1, 0.15) is 17.5 Å². The van der Waals surface area contributed by atoms with Crippen LogP contribution in [0, 0.1) is 5.41 Å². The maximum absolute atomic E-state index is 8.21. The largest absolute Gasteiger partial charge is 0.480 e. The summed E-state index contributed by atoms with van der Waals surface area (Å²) in [6.45, 7) is 0.614. The zero-order valence-electron chi connectivity index (χ0n) is 10.1. The standard InChI is InChI=1S/C16H15NO/c17-15-16(11-12-18-15,13-7-3-1-4-8-13)14-9-5-2-6-10-14/h1-10,17H,11-12H2. The van der Waals surface area contributed by atoms with Gasteiger partial charge in [-0.1, -0.05) is 60.7 Å². The Bertz CT molecular complexity index is 508. The predicted molar refractivity (Wildman–Crippen MR) is 72.0 cm³/mol. The van der Waals surface area contributed by atoms with E-state index in [4.69, 9.17) is 10.1 Å². The lowest BCUT2D eigenvalue weighted by atomic mass is 9.73. The molecule has 2 heteroatoms. The Morgan fingerprint density at radius 2 is 1.33 bits per heavy atom. The Kier molecular flexibility index (Phi) is 2.63. The third kappa shape index (κ3) is 1.53. The van der Waals surface area contributed by atoms with E-state index in [0.29, 0.717) is 12.5 Å². The number of rotatable bonds is 2. The van der Waals surface area contributed by atoms with Crippen molar-refractivity contribution in [2.75, 3.05) is 6.61 Å². The molecule has 3 rings (SSSR count). The van der Waals surface area contributed by atoms with Gasteiger partial charge in [0.2, 0.25) is 0 Å². The average molecular weight is 237 g/mol. The van der Waals surface area contributed by atoms with Gasteiger partial charge in [0.15, 0.2) is 5.90 Å². The Morgan fingerprint density at radius 1 is 0.833 bits per heavy atom. The molecule has 0 saturated carbocycles. The molecule has 90 valence electrons. The van der Waals surface area contributed by atoms with Crippen LogP contribution >= 0.6 is 0 Å². The summed E-state index contributed by atoms with van der Waals surface area (Å²) < 4.78 is 5.46. The molecule has 1 saturated heterocycles. The molecule has 1 fully saturated rings. The molecule has 0 atom stereocenters. The van der Waals surface area contributed by atoms with E-state index in [-0.39, 0.29) is 0 Å². The normalized spacial score (nSPS) is 17.4. The van der Waals surface area contributed by atoms with Gasteiger partial charge in [-0.25, -0.2) is 0 Å². The molecule has 2 aromatic rings. The van der Waals surface area contributed by atoms with Gasteiger partial charge in [0.1, 0.15) is 0 Å². The summed E-state index contributed by atoms with van der Waals surface area (Å²) in [7, 11) is 0. The fourth-order valence-electron chi connectivity index (χ4n) is 2.71. The lowest BCUT2D eigenvalue weighted by Crippen LogP contribution is -2.32. The number of hydrogen-bond donors (Lipinski definition) is 1. The van der Waals surface area contributed by atoms with Gasteiger partial charge in [-0.05, 0) is 11.1 Å². The second-order valence-corrected chi connectivity index (χ2v) is 4.56. The van der Waals surface area contributed by atoms with Crippen molar-refractivity contribution in [3.05, 3.63) is 71.8 Å². The van der Waals surface area contributed by atoms with E-state index in [1.165, 1.54) is 0 Å². The minimum absolute atomic E-state index is 0.361. The van der Waals surface area contributed by atoms with Crippen LogP contribution in [-0.4, -0.2) is 12.5 Å². The van der Waals surface area contributed by atoms with Crippen molar-refractivity contribution < 1.29 is 4.74 Å². The summed E-state index contributed by atoms with van der Waals surface area (Å²) in [4.78, 5) is 0. The molecule has 0 amide bonds. The lowest BCUT2D eigenvalue weighted by Gasteiger charge is -2.27. The Hall–Kier alpha value is -2.09. The highest BCUT2D eigenvalue weighted by Gasteiger charge is 2.44. The molecular weight excluding hydrogens is 222 g/mol. The number of hydrogen-bond acceptors (Lipinski definition) is 2. The summed E-state index contributed by atoms with van der Waals surface area (Å²) >= 11 is 0. The second kappa shape index (κ2) is 4.30. The minimum atomic E-state index is -0.400. The quantitative estimate of drug-likeness (QED) is 0.853. The van der Waals surface area contributed by atoms with Crippen LogP contribution in [0.2, 0.25) is 0 Å². The van der Waals surface area contributed by atoms with Gasteiger partial charge in [0.05, 0.1) is 12.0 Å². The molecule has 1 N–H and O–H groups in total. The van der Waals surface area contributed by atoms with E-state index in [1.807, 2.05) is 36.4 Å². The highest BCUT2D eigenvalue weighted by Crippen LogP contribution is 2.40. The highest BCUT2D eigenvalue weighted by molar-refractivity contribution is 5.91. The summed E-state index contributed by atoms with van der Waals surface area (Å²) in [5.41, 5.74) is 1.88. The van der Waals surface area contributed by atoms with Crippen LogP contribution in [-0.2, 0) is 10.2 Å². The van der Waals surface area contributed by atoms with Gasteiger partial charge in [0.25, 0.3) is 0 Å². The van der Waals surface area contributed by atoms with Gasteiger partial charge < -0.3 is 4.74 Å². The van der Waals surface area contributed by atoms with Crippen molar-refractivity contribution in [2.24, 2.45) is 0 Å². The molecule has 0 bridgehead atoms. The highest BCUT2D eigenvalue weighted by atomic mass is 16.5. The van der Waals surface area contributed by atoms with Crippen molar-refractivity contribution in [2.45, 2.75) is 11.8 Å². The third-order valence-electron chi connectivity index (χ3n) is 3.64. The first-order valence-electron chi connectivity index (χ1n) is 6.17. The van der Waals surface area contributed by atoms with Crippen LogP contribution in [0.5, 0.6) is 0 Å². The molecule has 18 heavy (non-hydrogen) atoms. The smallest absolute Gasteiger partial charge is 0.196 e. The molecular formula is C16H15NO. The molecule has 0 aromatic heterocycles. The van der Waals surface area contributed by atoms with Crippen molar-refractivity contribution in [1.29, 1.82) is 5.41 Å². The Morgan fingerprint density at radius 3 is 1.72 bits per heavy atom. The average Bonchev–Trinajstić information content (AvgIpc) is 2.84. The number of ether oxygens (including phenoxy) is 1. The van der Waals surface area contributed by atoms with Crippen LogP contribution in [0.25, 0.3) is 0 Å². The number of benzene rings is 2. The topological polar surface area (TPSA) is 33.1 Å². The molecule has 2 nitrogen and oxygen atoms in total. The summed E-state index contributed by atoms with van der Waals surface area (Å²) in [6.07, 6.45) is 0.833. The molecule has 0 aliphatic carbocycles. The van der Waals surface area contributed by atoms with E-state index in [2.05, 4.69) is 24.3 Å². The molecule has 0 unspecified atom stereocenters. The van der Waals surface area contributed by atoms with Crippen molar-refractivity contribution in [3.63, 3.8) is 0 Å².